The Kier molecular flexibility index (Phi) is 1.63. The van der Waals surface area contributed by atoms with Gasteiger partial charge in [0.1, 0.15) is 5.75 Å². The fourth-order valence-corrected chi connectivity index (χ4v) is 2.17. The Labute approximate surface area is 88.3 Å². The molecule has 1 aromatic heterocycles. The topological polar surface area (TPSA) is 27.1 Å². The number of hydrogen-bond donors (Lipinski definition) is 0. The molecule has 0 N–H and O–H groups in total. The zero-order chi connectivity index (χ0) is 10.4. The number of nitrogens with zero attached hydrogens (tertiary/aromatic N) is 2. The molecule has 0 unspecified atom stereocenters. The SMILES string of the molecule is COc1ccc2c(c1)Cc1cn(C)nc1-2. The molecule has 3 rings (SSSR count). The maximum Gasteiger partial charge on any atom is 0.119 e. The van der Waals surface area contributed by atoms with E-state index in [0.29, 0.717) is 0 Å². The first-order valence-electron chi connectivity index (χ1n) is 4.98. The molecule has 3 heteroatoms. The molecule has 0 fully saturated rings. The molecule has 0 bridgehead atoms. The van der Waals surface area contributed by atoms with E-state index in [4.69, 9.17) is 4.74 Å². The fraction of sp³-hybridized carbons (Fsp3) is 0.250. The van der Waals surface area contributed by atoms with Crippen molar-refractivity contribution in [1.82, 2.24) is 9.78 Å². The van der Waals surface area contributed by atoms with Crippen LogP contribution in [0.2, 0.25) is 0 Å². The summed E-state index contributed by atoms with van der Waals surface area (Å²) in [5.41, 5.74) is 4.98. The lowest BCUT2D eigenvalue weighted by atomic mass is 10.1. The first-order chi connectivity index (χ1) is 7.28. The number of rotatable bonds is 1. The lowest BCUT2D eigenvalue weighted by Crippen LogP contribution is -1.91. The normalized spacial score (nSPS) is 12.4. The summed E-state index contributed by atoms with van der Waals surface area (Å²) in [4.78, 5) is 0. The molecule has 3 nitrogen and oxygen atoms in total. The molecule has 0 aliphatic heterocycles. The van der Waals surface area contributed by atoms with Crippen molar-refractivity contribution < 1.29 is 4.74 Å². The van der Waals surface area contributed by atoms with Crippen molar-refractivity contribution in [1.29, 1.82) is 0 Å². The highest BCUT2D eigenvalue weighted by Gasteiger charge is 2.21. The zero-order valence-corrected chi connectivity index (χ0v) is 8.82. The van der Waals surface area contributed by atoms with Gasteiger partial charge in [-0.1, -0.05) is 0 Å². The van der Waals surface area contributed by atoms with Crippen LogP contribution in [0.25, 0.3) is 11.3 Å². The van der Waals surface area contributed by atoms with E-state index in [-0.39, 0.29) is 0 Å². The number of fused-ring (bicyclic) bond motifs is 3. The molecule has 1 aliphatic rings. The van der Waals surface area contributed by atoms with Crippen LogP contribution in [0.15, 0.2) is 24.4 Å². The number of aromatic nitrogens is 2. The van der Waals surface area contributed by atoms with Crippen LogP contribution >= 0.6 is 0 Å². The molecule has 0 amide bonds. The summed E-state index contributed by atoms with van der Waals surface area (Å²) >= 11 is 0. The number of benzene rings is 1. The van der Waals surface area contributed by atoms with E-state index in [1.807, 2.05) is 17.8 Å². The number of ether oxygens (including phenoxy) is 1. The Morgan fingerprint density at radius 2 is 2.20 bits per heavy atom. The molecular formula is C12H12N2O. The summed E-state index contributed by atoms with van der Waals surface area (Å²) in [6.07, 6.45) is 3.05. The second kappa shape index (κ2) is 2.86. The van der Waals surface area contributed by atoms with Gasteiger partial charge in [-0.3, -0.25) is 4.68 Å². The summed E-state index contributed by atoms with van der Waals surface area (Å²) in [7, 11) is 3.66. The molecule has 0 atom stereocenters. The number of hydrogen-bond acceptors (Lipinski definition) is 2. The summed E-state index contributed by atoms with van der Waals surface area (Å²) < 4.78 is 7.09. The van der Waals surface area contributed by atoms with Gasteiger partial charge in [-0.15, -0.1) is 0 Å². The van der Waals surface area contributed by atoms with Crippen LogP contribution in [-0.2, 0) is 13.5 Å². The monoisotopic (exact) mass is 200 g/mol. The lowest BCUT2D eigenvalue weighted by Gasteiger charge is -2.03. The van der Waals surface area contributed by atoms with Gasteiger partial charge >= 0.3 is 0 Å². The first-order valence-corrected chi connectivity index (χ1v) is 4.98. The van der Waals surface area contributed by atoms with Gasteiger partial charge in [-0.05, 0) is 23.8 Å². The summed E-state index contributed by atoms with van der Waals surface area (Å²) in [5.74, 6) is 0.920. The van der Waals surface area contributed by atoms with Crippen LogP contribution in [0.1, 0.15) is 11.1 Å². The first kappa shape index (κ1) is 8.53. The minimum absolute atomic E-state index is 0.920. The van der Waals surface area contributed by atoms with Gasteiger partial charge in [0, 0.05) is 30.8 Å². The van der Waals surface area contributed by atoms with Gasteiger partial charge in [0.2, 0.25) is 0 Å². The molecule has 2 aromatic rings. The smallest absolute Gasteiger partial charge is 0.119 e. The van der Waals surface area contributed by atoms with Crippen LogP contribution in [-0.4, -0.2) is 16.9 Å². The molecule has 0 saturated carbocycles. The minimum atomic E-state index is 0.920. The van der Waals surface area contributed by atoms with Crippen molar-refractivity contribution in [2.24, 2.45) is 7.05 Å². The van der Waals surface area contributed by atoms with E-state index in [0.717, 1.165) is 17.9 Å². The molecule has 0 spiro atoms. The molecule has 1 heterocycles. The van der Waals surface area contributed by atoms with Crippen molar-refractivity contribution >= 4 is 0 Å². The van der Waals surface area contributed by atoms with Crippen molar-refractivity contribution in [3.8, 4) is 17.0 Å². The summed E-state index contributed by atoms with van der Waals surface area (Å²) in [6, 6.07) is 6.17. The molecule has 0 radical (unpaired) electrons. The quantitative estimate of drug-likeness (QED) is 0.600. The Hall–Kier alpha value is -1.77. The van der Waals surface area contributed by atoms with Crippen LogP contribution < -0.4 is 4.74 Å². The van der Waals surface area contributed by atoms with E-state index < -0.39 is 0 Å². The van der Waals surface area contributed by atoms with Crippen molar-refractivity contribution in [2.45, 2.75) is 6.42 Å². The van der Waals surface area contributed by atoms with E-state index in [2.05, 4.69) is 23.4 Å². The third-order valence-corrected chi connectivity index (χ3v) is 2.85. The third kappa shape index (κ3) is 1.16. The second-order valence-corrected chi connectivity index (χ2v) is 3.88. The largest absolute Gasteiger partial charge is 0.497 e. The van der Waals surface area contributed by atoms with Crippen LogP contribution in [0, 0.1) is 0 Å². The number of aryl methyl sites for hydroxylation is 1. The predicted molar refractivity (Wildman–Crippen MR) is 58.0 cm³/mol. The highest BCUT2D eigenvalue weighted by molar-refractivity contribution is 5.73. The molecule has 76 valence electrons. The maximum atomic E-state index is 5.21. The number of methoxy groups -OCH3 is 1. The maximum absolute atomic E-state index is 5.21. The third-order valence-electron chi connectivity index (χ3n) is 2.85. The van der Waals surface area contributed by atoms with Gasteiger partial charge in [-0.25, -0.2) is 0 Å². The van der Waals surface area contributed by atoms with E-state index in [1.54, 1.807) is 7.11 Å². The molecule has 0 saturated heterocycles. The Morgan fingerprint density at radius 1 is 1.33 bits per heavy atom. The van der Waals surface area contributed by atoms with Crippen molar-refractivity contribution in [3.05, 3.63) is 35.5 Å². The highest BCUT2D eigenvalue weighted by atomic mass is 16.5. The van der Waals surface area contributed by atoms with Crippen molar-refractivity contribution in [3.63, 3.8) is 0 Å². The molecular weight excluding hydrogens is 188 g/mol. The highest BCUT2D eigenvalue weighted by Crippen LogP contribution is 2.36. The molecule has 15 heavy (non-hydrogen) atoms. The van der Waals surface area contributed by atoms with E-state index >= 15 is 0 Å². The second-order valence-electron chi connectivity index (χ2n) is 3.88. The van der Waals surface area contributed by atoms with Gasteiger partial charge in [0.05, 0.1) is 12.8 Å². The summed E-state index contributed by atoms with van der Waals surface area (Å²) in [5, 5.41) is 4.46. The standard InChI is InChI=1S/C12H12N2O/c1-14-7-9-5-8-6-10(15-2)3-4-11(8)12(9)13-14/h3-4,6-7H,5H2,1-2H3. The van der Waals surface area contributed by atoms with Gasteiger partial charge in [-0.2, -0.15) is 5.10 Å². The summed E-state index contributed by atoms with van der Waals surface area (Å²) in [6.45, 7) is 0. The Balaban J connectivity index is 2.16. The van der Waals surface area contributed by atoms with Crippen LogP contribution in [0.5, 0.6) is 5.75 Å². The Bertz CT molecular complexity index is 528. The van der Waals surface area contributed by atoms with Crippen molar-refractivity contribution in [2.75, 3.05) is 7.11 Å². The zero-order valence-electron chi connectivity index (χ0n) is 8.82. The average Bonchev–Trinajstić information content (AvgIpc) is 2.72. The van der Waals surface area contributed by atoms with Crippen LogP contribution in [0.3, 0.4) is 0 Å². The van der Waals surface area contributed by atoms with Gasteiger partial charge < -0.3 is 4.74 Å². The minimum Gasteiger partial charge on any atom is -0.497 e. The van der Waals surface area contributed by atoms with E-state index in [1.165, 1.54) is 16.7 Å². The van der Waals surface area contributed by atoms with Gasteiger partial charge in [0.15, 0.2) is 0 Å². The predicted octanol–water partition coefficient (Wildman–Crippen LogP) is 2.00. The van der Waals surface area contributed by atoms with Gasteiger partial charge in [0.25, 0.3) is 0 Å². The van der Waals surface area contributed by atoms with Crippen LogP contribution in [0.4, 0.5) is 0 Å². The fourth-order valence-electron chi connectivity index (χ4n) is 2.17. The average molecular weight is 200 g/mol. The molecule has 1 aromatic carbocycles. The van der Waals surface area contributed by atoms with E-state index in [9.17, 15) is 0 Å². The molecule has 1 aliphatic carbocycles. The lowest BCUT2D eigenvalue weighted by molar-refractivity contribution is 0.414. The Morgan fingerprint density at radius 3 is 3.00 bits per heavy atom.